The van der Waals surface area contributed by atoms with Crippen molar-refractivity contribution in [1.82, 2.24) is 15.2 Å². The van der Waals surface area contributed by atoms with Crippen LogP contribution in [-0.2, 0) is 26.0 Å². The third-order valence-electron chi connectivity index (χ3n) is 5.92. The molecule has 1 aromatic carbocycles. The number of hydrogen-bond donors (Lipinski definition) is 2. The van der Waals surface area contributed by atoms with Crippen molar-refractivity contribution in [1.29, 1.82) is 0 Å². The Hall–Kier alpha value is -2.64. The second-order valence-corrected chi connectivity index (χ2v) is 11.6. The van der Waals surface area contributed by atoms with Gasteiger partial charge >= 0.3 is 12.0 Å². The molecule has 1 unspecified atom stereocenters. The minimum atomic E-state index is -4.40. The fourth-order valence-electron chi connectivity index (χ4n) is 3.92. The van der Waals surface area contributed by atoms with Gasteiger partial charge in [-0.3, -0.25) is 4.98 Å². The first-order valence-corrected chi connectivity index (χ1v) is 13.5. The van der Waals surface area contributed by atoms with Crippen LogP contribution < -0.4 is 5.32 Å². The molecule has 2 aromatic rings. The highest BCUT2D eigenvalue weighted by Gasteiger charge is 2.38. The minimum absolute atomic E-state index is 0.0182. The number of halogens is 2. The van der Waals surface area contributed by atoms with Crippen LogP contribution in [0.5, 0.6) is 0 Å². The lowest BCUT2D eigenvalue weighted by Gasteiger charge is -2.36. The number of carbonyl (C=O) groups excluding carboxylic acids is 1. The molecule has 1 heterocycles. The predicted octanol–water partition coefficient (Wildman–Crippen LogP) is 3.41. The van der Waals surface area contributed by atoms with Gasteiger partial charge in [0.1, 0.15) is 15.8 Å². The summed E-state index contributed by atoms with van der Waals surface area (Å²) in [5, 5.41) is 9.52. The fraction of sp³-hybridized carbons (Fsp3) is 0.500. The lowest BCUT2D eigenvalue weighted by atomic mass is 9.86. The average Bonchev–Trinajstić information content (AvgIpc) is 3.35. The number of aliphatic carboxylic acids is 1. The Kier molecular flexibility index (Phi) is 9.14. The number of carboxylic acid groups (broad SMARTS) is 1. The van der Waals surface area contributed by atoms with Crippen molar-refractivity contribution in [3.63, 3.8) is 0 Å². The Labute approximate surface area is 206 Å². The first kappa shape index (κ1) is 27.0. The fourth-order valence-corrected chi connectivity index (χ4v) is 6.18. The molecule has 2 N–H and O–H groups in total. The summed E-state index contributed by atoms with van der Waals surface area (Å²) in [5.41, 5.74) is 1.40. The molecule has 0 saturated heterocycles. The first-order chi connectivity index (χ1) is 16.6. The number of urea groups is 1. The van der Waals surface area contributed by atoms with Gasteiger partial charge in [0.05, 0.1) is 24.9 Å². The maximum absolute atomic E-state index is 13.8. The Balaban J connectivity index is 1.70. The second-order valence-electron chi connectivity index (χ2n) is 8.43. The number of hydrogen-bond acceptors (Lipinski definition) is 7. The molecule has 3 rings (SSSR count). The molecule has 0 radical (unpaired) electrons. The SMILES string of the molecule is CC1CCC(N(CCOCc2ccc(F)cc2F)C(=O)NC(C(=O)O)S(=O)(=O)c2cncs2)CC1. The van der Waals surface area contributed by atoms with Crippen LogP contribution in [0, 0.1) is 17.6 Å². The normalized spacial score (nSPS) is 19.2. The maximum Gasteiger partial charge on any atom is 0.342 e. The van der Waals surface area contributed by atoms with Crippen LogP contribution in [0.15, 0.2) is 34.1 Å². The Morgan fingerprint density at radius 3 is 2.60 bits per heavy atom. The average molecular weight is 532 g/mol. The molecule has 1 aliphatic rings. The zero-order chi connectivity index (χ0) is 25.6. The highest BCUT2D eigenvalue weighted by molar-refractivity contribution is 7.94. The quantitative estimate of drug-likeness (QED) is 0.450. The lowest BCUT2D eigenvalue weighted by molar-refractivity contribution is -0.137. The van der Waals surface area contributed by atoms with Crippen LogP contribution in [0.4, 0.5) is 13.6 Å². The van der Waals surface area contributed by atoms with E-state index in [1.807, 2.05) is 0 Å². The molecule has 2 amide bonds. The second kappa shape index (κ2) is 11.9. The van der Waals surface area contributed by atoms with Gasteiger partial charge in [-0.2, -0.15) is 0 Å². The summed E-state index contributed by atoms with van der Waals surface area (Å²) >= 11 is 0.755. The van der Waals surface area contributed by atoms with E-state index in [-0.39, 0.29) is 35.6 Å². The molecular formula is C22H27F2N3O6S2. The van der Waals surface area contributed by atoms with Crippen molar-refractivity contribution >= 4 is 33.2 Å². The molecular weight excluding hydrogens is 504 g/mol. The Bertz CT molecular complexity index is 1120. The zero-order valence-corrected chi connectivity index (χ0v) is 20.7. The van der Waals surface area contributed by atoms with Gasteiger partial charge in [-0.25, -0.2) is 26.8 Å². The summed E-state index contributed by atoms with van der Waals surface area (Å²) in [7, 11) is -4.40. The molecule has 35 heavy (non-hydrogen) atoms. The van der Waals surface area contributed by atoms with Crippen LogP contribution in [0.1, 0.15) is 38.2 Å². The van der Waals surface area contributed by atoms with E-state index < -0.39 is 38.8 Å². The van der Waals surface area contributed by atoms with E-state index in [9.17, 15) is 31.9 Å². The molecule has 1 aromatic heterocycles. The summed E-state index contributed by atoms with van der Waals surface area (Å²) in [6.45, 7) is 1.96. The van der Waals surface area contributed by atoms with Crippen molar-refractivity contribution in [2.75, 3.05) is 13.2 Å². The van der Waals surface area contributed by atoms with Crippen LogP contribution in [-0.4, -0.2) is 60.0 Å². The largest absolute Gasteiger partial charge is 0.479 e. The number of aromatic nitrogens is 1. The monoisotopic (exact) mass is 531 g/mol. The van der Waals surface area contributed by atoms with Gasteiger partial charge in [0.2, 0.25) is 15.2 Å². The number of carbonyl (C=O) groups is 2. The summed E-state index contributed by atoms with van der Waals surface area (Å²) in [6.07, 6.45) is 4.08. The summed E-state index contributed by atoms with van der Waals surface area (Å²) in [5.74, 6) is -2.69. The van der Waals surface area contributed by atoms with Crippen LogP contribution >= 0.6 is 11.3 Å². The van der Waals surface area contributed by atoms with Gasteiger partial charge in [0, 0.05) is 24.2 Å². The van der Waals surface area contributed by atoms with E-state index in [4.69, 9.17) is 4.74 Å². The number of ether oxygens (including phenoxy) is 1. The smallest absolute Gasteiger partial charge is 0.342 e. The zero-order valence-electron chi connectivity index (χ0n) is 19.0. The van der Waals surface area contributed by atoms with Crippen molar-refractivity contribution in [2.24, 2.45) is 5.92 Å². The molecule has 0 bridgehead atoms. The number of thiazole rings is 1. The molecule has 1 atom stereocenters. The summed E-state index contributed by atoms with van der Waals surface area (Å²) < 4.78 is 57.6. The van der Waals surface area contributed by atoms with E-state index in [0.29, 0.717) is 18.8 Å². The van der Waals surface area contributed by atoms with Crippen molar-refractivity contribution in [2.45, 2.75) is 54.8 Å². The molecule has 192 valence electrons. The van der Waals surface area contributed by atoms with Gasteiger partial charge in [-0.05, 0) is 37.7 Å². The summed E-state index contributed by atoms with van der Waals surface area (Å²) in [4.78, 5) is 30.0. The highest BCUT2D eigenvalue weighted by atomic mass is 32.2. The topological polar surface area (TPSA) is 126 Å². The van der Waals surface area contributed by atoms with Gasteiger partial charge in [-0.1, -0.05) is 13.0 Å². The van der Waals surface area contributed by atoms with Gasteiger partial charge in [0.25, 0.3) is 0 Å². The number of benzene rings is 1. The number of nitrogens with one attached hydrogen (secondary N) is 1. The molecule has 13 heteroatoms. The minimum Gasteiger partial charge on any atom is -0.479 e. The molecule has 0 spiro atoms. The van der Waals surface area contributed by atoms with Crippen molar-refractivity contribution in [3.8, 4) is 0 Å². The van der Waals surface area contributed by atoms with Gasteiger partial charge in [-0.15, -0.1) is 11.3 Å². The molecule has 1 fully saturated rings. The van der Waals surface area contributed by atoms with E-state index in [2.05, 4.69) is 17.2 Å². The number of amides is 2. The van der Waals surface area contributed by atoms with E-state index >= 15 is 0 Å². The van der Waals surface area contributed by atoms with Gasteiger partial charge in [0.15, 0.2) is 0 Å². The predicted molar refractivity (Wildman–Crippen MR) is 123 cm³/mol. The number of carboxylic acids is 1. The number of rotatable bonds is 10. The highest BCUT2D eigenvalue weighted by Crippen LogP contribution is 2.27. The molecule has 9 nitrogen and oxygen atoms in total. The van der Waals surface area contributed by atoms with E-state index in [1.54, 1.807) is 0 Å². The molecule has 0 aliphatic heterocycles. The third kappa shape index (κ3) is 6.95. The lowest BCUT2D eigenvalue weighted by Crippen LogP contribution is -2.55. The number of sulfone groups is 1. The van der Waals surface area contributed by atoms with Crippen molar-refractivity contribution < 1.29 is 36.6 Å². The van der Waals surface area contributed by atoms with Crippen molar-refractivity contribution in [3.05, 3.63) is 47.1 Å². The molecule has 1 saturated carbocycles. The Morgan fingerprint density at radius 2 is 2.00 bits per heavy atom. The third-order valence-corrected chi connectivity index (χ3v) is 9.07. The number of nitrogens with zero attached hydrogens (tertiary/aromatic N) is 2. The van der Waals surface area contributed by atoms with Crippen LogP contribution in [0.25, 0.3) is 0 Å². The maximum atomic E-state index is 13.8. The van der Waals surface area contributed by atoms with E-state index in [0.717, 1.165) is 42.5 Å². The van der Waals surface area contributed by atoms with Crippen LogP contribution in [0.2, 0.25) is 0 Å². The van der Waals surface area contributed by atoms with E-state index in [1.165, 1.54) is 16.5 Å². The molecule has 1 aliphatic carbocycles. The Morgan fingerprint density at radius 1 is 1.29 bits per heavy atom. The van der Waals surface area contributed by atoms with Crippen LogP contribution in [0.3, 0.4) is 0 Å². The van der Waals surface area contributed by atoms with Gasteiger partial charge < -0.3 is 20.1 Å². The standard InChI is InChI=1S/C22H27F2N3O6S2/c1-14-2-6-17(7-3-14)27(8-9-33-12-15-4-5-16(23)10-18(15)24)22(30)26-20(21(28)29)35(31,32)19-11-25-13-34-19/h4-5,10-11,13-14,17,20H,2-3,6-9,12H2,1H3,(H,26,30)(H,28,29). The first-order valence-electron chi connectivity index (χ1n) is 11.0. The summed E-state index contributed by atoms with van der Waals surface area (Å²) in [6, 6.07) is 2.04.